The molecule has 160 valence electrons. The van der Waals surface area contributed by atoms with Crippen LogP contribution in [0.15, 0.2) is 29.3 Å². The summed E-state index contributed by atoms with van der Waals surface area (Å²) < 4.78 is 44.6. The summed E-state index contributed by atoms with van der Waals surface area (Å²) in [5.41, 5.74) is 0.615. The maximum absolute atomic E-state index is 14.6. The Balaban J connectivity index is 1.83. The van der Waals surface area contributed by atoms with Crippen molar-refractivity contribution in [3.63, 3.8) is 0 Å². The smallest absolute Gasteiger partial charge is 0.410 e. The Morgan fingerprint density at radius 2 is 1.97 bits per heavy atom. The molecule has 1 aliphatic heterocycles. The first-order valence-electron chi connectivity index (χ1n) is 9.55. The second-order valence-corrected chi connectivity index (χ2v) is 9.54. The van der Waals surface area contributed by atoms with Gasteiger partial charge in [0.05, 0.1) is 23.2 Å². The van der Waals surface area contributed by atoms with E-state index in [0.29, 0.717) is 31.5 Å². The molecule has 2 heterocycles. The fourth-order valence-electron chi connectivity index (χ4n) is 3.46. The molecule has 1 saturated heterocycles. The van der Waals surface area contributed by atoms with Crippen LogP contribution in [0.3, 0.4) is 0 Å². The van der Waals surface area contributed by atoms with E-state index in [0.717, 1.165) is 12.3 Å². The van der Waals surface area contributed by atoms with Gasteiger partial charge in [0, 0.05) is 30.5 Å². The van der Waals surface area contributed by atoms with Gasteiger partial charge in [-0.2, -0.15) is 10.4 Å². The fourth-order valence-corrected chi connectivity index (χ4v) is 4.09. The molecule has 1 aliphatic rings. The molecule has 0 unspecified atom stereocenters. The number of sulfone groups is 1. The van der Waals surface area contributed by atoms with Crippen LogP contribution < -0.4 is 0 Å². The highest BCUT2D eigenvalue weighted by Gasteiger charge is 2.28. The number of halogens is 1. The lowest BCUT2D eigenvalue weighted by molar-refractivity contribution is 0.0653. The van der Waals surface area contributed by atoms with Crippen molar-refractivity contribution in [1.29, 1.82) is 5.26 Å². The average Bonchev–Trinajstić information content (AvgIpc) is 3.10. The van der Waals surface area contributed by atoms with Crippen molar-refractivity contribution in [2.45, 2.75) is 43.7 Å². The Labute approximate surface area is 174 Å². The van der Waals surface area contributed by atoms with Gasteiger partial charge < -0.3 is 9.64 Å². The average molecular weight is 434 g/mol. The third-order valence-corrected chi connectivity index (χ3v) is 6.08. The van der Waals surface area contributed by atoms with E-state index in [2.05, 4.69) is 11.2 Å². The first-order chi connectivity index (χ1) is 14.1. The lowest BCUT2D eigenvalue weighted by Crippen LogP contribution is -2.40. The molecule has 0 saturated carbocycles. The molecule has 0 aliphatic carbocycles. The lowest BCUT2D eigenvalue weighted by Gasteiger charge is -2.32. The van der Waals surface area contributed by atoms with Gasteiger partial charge >= 0.3 is 6.09 Å². The summed E-state index contributed by atoms with van der Waals surface area (Å²) in [6.45, 7) is 4.51. The minimum Gasteiger partial charge on any atom is -0.447 e. The molecule has 0 bridgehead atoms. The Hall–Kier alpha value is -2.93. The summed E-state index contributed by atoms with van der Waals surface area (Å²) in [6.07, 6.45) is 3.02. The summed E-state index contributed by atoms with van der Waals surface area (Å²) >= 11 is 0. The van der Waals surface area contributed by atoms with Crippen LogP contribution in [-0.4, -0.2) is 54.6 Å². The van der Waals surface area contributed by atoms with Gasteiger partial charge in [0.1, 0.15) is 17.6 Å². The summed E-state index contributed by atoms with van der Waals surface area (Å²) in [5, 5.41) is 14.0. The zero-order valence-electron chi connectivity index (χ0n) is 17.0. The second kappa shape index (κ2) is 8.44. The van der Waals surface area contributed by atoms with E-state index in [1.54, 1.807) is 23.4 Å². The lowest BCUT2D eigenvalue weighted by atomic mass is 10.0. The SMILES string of the molecule is CC(C)OC(=O)N1CCC(n2ncc(-c3ccc(S(C)(=O)=O)cc3F)c2C#N)CC1. The number of likely N-dealkylation sites (tertiary alicyclic amines) is 1. The van der Waals surface area contributed by atoms with Gasteiger partial charge in [0.2, 0.25) is 0 Å². The maximum atomic E-state index is 14.6. The second-order valence-electron chi connectivity index (χ2n) is 7.53. The number of carbonyl (C=O) groups excluding carboxylic acids is 1. The van der Waals surface area contributed by atoms with Crippen LogP contribution >= 0.6 is 0 Å². The topological polar surface area (TPSA) is 105 Å². The predicted molar refractivity (Wildman–Crippen MR) is 107 cm³/mol. The standard InChI is InChI=1S/C20H23FN4O4S/c1-13(2)29-20(26)24-8-6-14(7-9-24)25-19(11-22)17(12-23-25)16-5-4-15(10-18(16)21)30(3,27)28/h4-5,10,12-14H,6-9H2,1-3H3. The molecule has 1 amide bonds. The van der Waals surface area contributed by atoms with Gasteiger partial charge in [-0.25, -0.2) is 17.6 Å². The number of piperidine rings is 1. The maximum Gasteiger partial charge on any atom is 0.410 e. The number of nitriles is 1. The van der Waals surface area contributed by atoms with E-state index in [4.69, 9.17) is 4.74 Å². The summed E-state index contributed by atoms with van der Waals surface area (Å²) in [6, 6.07) is 5.57. The molecule has 1 aromatic heterocycles. The van der Waals surface area contributed by atoms with E-state index in [-0.39, 0.29) is 34.4 Å². The summed E-state index contributed by atoms with van der Waals surface area (Å²) in [4.78, 5) is 13.5. The number of nitrogens with zero attached hydrogens (tertiary/aromatic N) is 4. The van der Waals surface area contributed by atoms with Crippen molar-refractivity contribution in [3.05, 3.63) is 35.9 Å². The van der Waals surface area contributed by atoms with Crippen molar-refractivity contribution in [2.24, 2.45) is 0 Å². The van der Waals surface area contributed by atoms with Crippen molar-refractivity contribution in [2.75, 3.05) is 19.3 Å². The van der Waals surface area contributed by atoms with Crippen LogP contribution in [0.25, 0.3) is 11.1 Å². The van der Waals surface area contributed by atoms with Crippen molar-refractivity contribution >= 4 is 15.9 Å². The molecule has 0 N–H and O–H groups in total. The third kappa shape index (κ3) is 4.46. The van der Waals surface area contributed by atoms with Crippen LogP contribution in [0.1, 0.15) is 38.4 Å². The minimum atomic E-state index is -3.54. The van der Waals surface area contributed by atoms with E-state index in [1.807, 2.05) is 0 Å². The fraction of sp³-hybridized carbons (Fsp3) is 0.450. The Morgan fingerprint density at radius 3 is 2.50 bits per heavy atom. The molecule has 0 atom stereocenters. The highest BCUT2D eigenvalue weighted by atomic mass is 32.2. The van der Waals surface area contributed by atoms with Crippen molar-refractivity contribution < 1.29 is 22.3 Å². The number of ether oxygens (including phenoxy) is 1. The molecular weight excluding hydrogens is 411 g/mol. The largest absolute Gasteiger partial charge is 0.447 e. The zero-order chi connectivity index (χ0) is 22.1. The van der Waals surface area contributed by atoms with Crippen LogP contribution in [0.4, 0.5) is 9.18 Å². The molecular formula is C20H23FN4O4S. The van der Waals surface area contributed by atoms with Gasteiger partial charge in [-0.3, -0.25) is 4.68 Å². The quantitative estimate of drug-likeness (QED) is 0.732. The zero-order valence-corrected chi connectivity index (χ0v) is 17.8. The predicted octanol–water partition coefficient (Wildman–Crippen LogP) is 3.15. The molecule has 30 heavy (non-hydrogen) atoms. The first kappa shape index (κ1) is 21.8. The number of rotatable bonds is 4. The highest BCUT2D eigenvalue weighted by Crippen LogP contribution is 2.31. The number of amides is 1. The monoisotopic (exact) mass is 434 g/mol. The highest BCUT2D eigenvalue weighted by molar-refractivity contribution is 7.90. The normalized spacial score (nSPS) is 15.3. The molecule has 2 aromatic rings. The van der Waals surface area contributed by atoms with E-state index in [9.17, 15) is 22.9 Å². The molecule has 3 rings (SSSR count). The van der Waals surface area contributed by atoms with E-state index >= 15 is 0 Å². The van der Waals surface area contributed by atoms with E-state index in [1.165, 1.54) is 18.3 Å². The van der Waals surface area contributed by atoms with Crippen LogP contribution in [0.5, 0.6) is 0 Å². The molecule has 0 radical (unpaired) electrons. The van der Waals surface area contributed by atoms with Gasteiger partial charge in [-0.1, -0.05) is 0 Å². The van der Waals surface area contributed by atoms with Gasteiger partial charge in [0.25, 0.3) is 0 Å². The first-order valence-corrected chi connectivity index (χ1v) is 11.4. The van der Waals surface area contributed by atoms with Gasteiger partial charge in [0.15, 0.2) is 9.84 Å². The summed E-state index contributed by atoms with van der Waals surface area (Å²) in [7, 11) is -3.54. The number of benzene rings is 1. The molecule has 10 heteroatoms. The summed E-state index contributed by atoms with van der Waals surface area (Å²) in [5.74, 6) is -0.736. The molecule has 8 nitrogen and oxygen atoms in total. The van der Waals surface area contributed by atoms with Crippen LogP contribution in [0.2, 0.25) is 0 Å². The van der Waals surface area contributed by atoms with Gasteiger partial charge in [-0.05, 0) is 44.9 Å². The Bertz CT molecular complexity index is 1100. The number of carbonyl (C=O) groups is 1. The van der Waals surface area contributed by atoms with Crippen molar-refractivity contribution in [3.8, 4) is 17.2 Å². The Morgan fingerprint density at radius 1 is 1.30 bits per heavy atom. The van der Waals surface area contributed by atoms with Gasteiger partial charge in [-0.15, -0.1) is 0 Å². The minimum absolute atomic E-state index is 0.114. The molecule has 0 spiro atoms. The van der Waals surface area contributed by atoms with Crippen LogP contribution in [-0.2, 0) is 14.6 Å². The van der Waals surface area contributed by atoms with Crippen molar-refractivity contribution in [1.82, 2.24) is 14.7 Å². The number of hydrogen-bond acceptors (Lipinski definition) is 6. The number of aromatic nitrogens is 2. The number of hydrogen-bond donors (Lipinski definition) is 0. The van der Waals surface area contributed by atoms with Crippen LogP contribution in [0, 0.1) is 17.1 Å². The third-order valence-electron chi connectivity index (χ3n) is 4.97. The van der Waals surface area contributed by atoms with E-state index < -0.39 is 15.7 Å². The molecule has 1 fully saturated rings. The molecule has 1 aromatic carbocycles. The Kier molecular flexibility index (Phi) is 6.12.